The van der Waals surface area contributed by atoms with Crippen LogP contribution < -0.4 is 15.2 Å². The number of rotatable bonds is 5. The molecule has 0 saturated heterocycles. The highest BCUT2D eigenvalue weighted by Crippen LogP contribution is 2.32. The maximum Gasteiger partial charge on any atom is 0.244 e. The molecule has 0 aliphatic heterocycles. The predicted molar refractivity (Wildman–Crippen MR) is 78.4 cm³/mol. The van der Waals surface area contributed by atoms with Crippen molar-refractivity contribution in [3.05, 3.63) is 27.7 Å². The highest BCUT2D eigenvalue weighted by Gasteiger charge is 2.20. The van der Waals surface area contributed by atoms with Crippen molar-refractivity contribution in [2.24, 2.45) is 0 Å². The number of nitrogen functional groups attached to an aromatic ring is 1. The molecule has 0 atom stereocenters. The number of nitrogens with two attached hydrogens (primary N) is 1. The first kappa shape index (κ1) is 15.5. The number of hydrogen-bond acceptors (Lipinski definition) is 4. The molecule has 1 aromatic carbocycles. The zero-order valence-electron chi connectivity index (χ0n) is 9.54. The normalized spacial score (nSPS) is 11.3. The molecular weight excluding hydrogens is 388 g/mol. The lowest BCUT2D eigenvalue weighted by atomic mass is 10.3. The van der Waals surface area contributed by atoms with Crippen molar-refractivity contribution in [3.63, 3.8) is 0 Å². The zero-order valence-corrected chi connectivity index (χ0v) is 13.5. The monoisotopic (exact) mass is 398 g/mol. The largest absolute Gasteiger partial charge is 0.495 e. The van der Waals surface area contributed by atoms with E-state index >= 15 is 0 Å². The lowest BCUT2D eigenvalue weighted by molar-refractivity contribution is 0.402. The molecule has 0 heterocycles. The minimum Gasteiger partial charge on any atom is -0.495 e. The van der Waals surface area contributed by atoms with Gasteiger partial charge in [-0.3, -0.25) is 0 Å². The van der Waals surface area contributed by atoms with Crippen LogP contribution in [-0.4, -0.2) is 22.1 Å². The van der Waals surface area contributed by atoms with Crippen molar-refractivity contribution in [2.75, 3.05) is 19.4 Å². The van der Waals surface area contributed by atoms with Gasteiger partial charge in [-0.25, -0.2) is 13.1 Å². The highest BCUT2D eigenvalue weighted by molar-refractivity contribution is 9.11. The maximum absolute atomic E-state index is 12.1. The second kappa shape index (κ2) is 6.05. The van der Waals surface area contributed by atoms with E-state index in [0.717, 1.165) is 0 Å². The smallest absolute Gasteiger partial charge is 0.244 e. The van der Waals surface area contributed by atoms with Crippen molar-refractivity contribution in [3.8, 4) is 5.75 Å². The molecule has 0 fully saturated rings. The summed E-state index contributed by atoms with van der Waals surface area (Å²) in [4.78, 5) is -0.0144. The van der Waals surface area contributed by atoms with Gasteiger partial charge in [-0.1, -0.05) is 22.5 Å². The van der Waals surface area contributed by atoms with Crippen molar-refractivity contribution in [1.29, 1.82) is 0 Å². The van der Waals surface area contributed by atoms with Crippen LogP contribution in [0.4, 0.5) is 5.69 Å². The van der Waals surface area contributed by atoms with E-state index in [4.69, 9.17) is 10.5 Å². The first-order valence-corrected chi connectivity index (χ1v) is 7.81. The van der Waals surface area contributed by atoms with Crippen LogP contribution >= 0.6 is 31.9 Å². The molecule has 1 aromatic rings. The standard InChI is InChI=1S/C10H12Br2N2O3S/c1-6(11)5-14-18(15,16)10-4-8(13)7(12)3-9(10)17-2/h3-4,14H,1,5,13H2,2H3. The van der Waals surface area contributed by atoms with Gasteiger partial charge in [-0.2, -0.15) is 0 Å². The molecule has 0 radical (unpaired) electrons. The van der Waals surface area contributed by atoms with Gasteiger partial charge >= 0.3 is 0 Å². The van der Waals surface area contributed by atoms with Gasteiger partial charge in [-0.05, 0) is 28.1 Å². The molecular formula is C10H12Br2N2O3S. The fourth-order valence-electron chi connectivity index (χ4n) is 1.17. The van der Waals surface area contributed by atoms with E-state index in [1.807, 2.05) is 0 Å². The van der Waals surface area contributed by atoms with Crippen LogP contribution in [0.15, 0.2) is 32.6 Å². The molecule has 100 valence electrons. The summed E-state index contributed by atoms with van der Waals surface area (Å²) in [7, 11) is -2.31. The van der Waals surface area contributed by atoms with Gasteiger partial charge < -0.3 is 10.5 Å². The van der Waals surface area contributed by atoms with E-state index in [1.165, 1.54) is 19.2 Å². The van der Waals surface area contributed by atoms with Crippen molar-refractivity contribution in [1.82, 2.24) is 4.72 Å². The first-order valence-electron chi connectivity index (χ1n) is 4.74. The minimum absolute atomic E-state index is 0.0144. The zero-order chi connectivity index (χ0) is 13.9. The molecule has 3 N–H and O–H groups in total. The fourth-order valence-corrected chi connectivity index (χ4v) is 3.03. The second-order valence-corrected chi connectivity index (χ2v) is 7.08. The van der Waals surface area contributed by atoms with Crippen LogP contribution in [0, 0.1) is 0 Å². The van der Waals surface area contributed by atoms with E-state index in [-0.39, 0.29) is 17.2 Å². The Morgan fingerprint density at radius 3 is 2.67 bits per heavy atom. The molecule has 1 rings (SSSR count). The molecule has 0 bridgehead atoms. The predicted octanol–water partition coefficient (Wildman–Crippen LogP) is 2.23. The average molecular weight is 400 g/mol. The molecule has 0 saturated carbocycles. The van der Waals surface area contributed by atoms with Crippen molar-refractivity contribution >= 4 is 47.6 Å². The number of nitrogens with one attached hydrogen (secondary N) is 1. The summed E-state index contributed by atoms with van der Waals surface area (Å²) >= 11 is 6.28. The SMILES string of the molecule is C=C(Br)CNS(=O)(=O)c1cc(N)c(Br)cc1OC. The fraction of sp³-hybridized carbons (Fsp3) is 0.200. The van der Waals surface area contributed by atoms with Crippen molar-refractivity contribution in [2.45, 2.75) is 4.90 Å². The van der Waals surface area contributed by atoms with Crippen LogP contribution in [0.2, 0.25) is 0 Å². The Morgan fingerprint density at radius 1 is 1.56 bits per heavy atom. The van der Waals surface area contributed by atoms with Gasteiger partial charge in [0.2, 0.25) is 10.0 Å². The number of benzene rings is 1. The van der Waals surface area contributed by atoms with Gasteiger partial charge in [0.1, 0.15) is 10.6 Å². The number of hydrogen-bond donors (Lipinski definition) is 2. The van der Waals surface area contributed by atoms with E-state index in [9.17, 15) is 8.42 Å². The van der Waals surface area contributed by atoms with Crippen LogP contribution in [0.1, 0.15) is 0 Å². The second-order valence-electron chi connectivity index (χ2n) is 3.37. The van der Waals surface area contributed by atoms with Gasteiger partial charge in [-0.15, -0.1) is 0 Å². The Balaban J connectivity index is 3.23. The lowest BCUT2D eigenvalue weighted by Gasteiger charge is -2.12. The third-order valence-electron chi connectivity index (χ3n) is 2.03. The molecule has 8 heteroatoms. The first-order chi connectivity index (χ1) is 8.27. The Labute approximate surface area is 123 Å². The third kappa shape index (κ3) is 3.71. The molecule has 18 heavy (non-hydrogen) atoms. The third-order valence-corrected chi connectivity index (χ3v) is 4.42. The molecule has 0 aliphatic carbocycles. The highest BCUT2D eigenvalue weighted by atomic mass is 79.9. The number of halogens is 2. The van der Waals surface area contributed by atoms with E-state index in [0.29, 0.717) is 14.6 Å². The number of sulfonamides is 1. The summed E-state index contributed by atoms with van der Waals surface area (Å²) in [5, 5.41) is 0. The summed E-state index contributed by atoms with van der Waals surface area (Å²) < 4.78 is 32.6. The number of methoxy groups -OCH3 is 1. The average Bonchev–Trinajstić information content (AvgIpc) is 2.29. The van der Waals surface area contributed by atoms with E-state index < -0.39 is 10.0 Å². The number of ether oxygens (including phenoxy) is 1. The van der Waals surface area contributed by atoms with Crippen LogP contribution in [0.5, 0.6) is 5.75 Å². The molecule has 0 aliphatic rings. The van der Waals surface area contributed by atoms with E-state index in [1.54, 1.807) is 0 Å². The maximum atomic E-state index is 12.1. The number of anilines is 1. The molecule has 0 amide bonds. The van der Waals surface area contributed by atoms with E-state index in [2.05, 4.69) is 43.2 Å². The van der Waals surface area contributed by atoms with Crippen LogP contribution in [0.25, 0.3) is 0 Å². The van der Waals surface area contributed by atoms with Gasteiger partial charge in [0.25, 0.3) is 0 Å². The summed E-state index contributed by atoms with van der Waals surface area (Å²) in [5.74, 6) is 0.212. The molecule has 0 spiro atoms. The minimum atomic E-state index is -3.70. The Morgan fingerprint density at radius 2 is 2.17 bits per heavy atom. The molecule has 0 aromatic heterocycles. The Hall–Kier alpha value is -0.570. The summed E-state index contributed by atoms with van der Waals surface area (Å²) in [5.41, 5.74) is 5.99. The Kier molecular flexibility index (Phi) is 5.20. The van der Waals surface area contributed by atoms with Crippen molar-refractivity contribution < 1.29 is 13.2 Å². The van der Waals surface area contributed by atoms with Crippen LogP contribution in [0.3, 0.4) is 0 Å². The van der Waals surface area contributed by atoms with Crippen LogP contribution in [-0.2, 0) is 10.0 Å². The van der Waals surface area contributed by atoms with Gasteiger partial charge in [0, 0.05) is 21.2 Å². The quantitative estimate of drug-likeness (QED) is 0.743. The Bertz CT molecular complexity index is 573. The summed E-state index contributed by atoms with van der Waals surface area (Å²) in [6.07, 6.45) is 0. The summed E-state index contributed by atoms with van der Waals surface area (Å²) in [6.45, 7) is 3.64. The van der Waals surface area contributed by atoms with Gasteiger partial charge in [0.15, 0.2) is 0 Å². The summed E-state index contributed by atoms with van der Waals surface area (Å²) in [6, 6.07) is 2.84. The van der Waals surface area contributed by atoms with Gasteiger partial charge in [0.05, 0.1) is 7.11 Å². The molecule has 5 nitrogen and oxygen atoms in total. The topological polar surface area (TPSA) is 81.4 Å². The molecule has 0 unspecified atom stereocenters. The lowest BCUT2D eigenvalue weighted by Crippen LogP contribution is -2.25.